The van der Waals surface area contributed by atoms with E-state index in [1.807, 2.05) is 0 Å². The van der Waals surface area contributed by atoms with Gasteiger partial charge in [0.15, 0.2) is 6.61 Å². The first-order valence-corrected chi connectivity index (χ1v) is 9.72. The standard InChI is InChI=1S/C21H27N3O7/c1-21(2,3)31-20(28)24-9-11-29-10-8-23-18(25)13-30-14-4-5-15-16(19(26)27)6-7-22-17(15)12-14/h4-7,12H,8-11,13H2,1-3H3,(H,23,25)(H,24,28)(H,26,27). The van der Waals surface area contributed by atoms with E-state index in [9.17, 15) is 19.5 Å². The summed E-state index contributed by atoms with van der Waals surface area (Å²) in [5, 5.41) is 14.9. The van der Waals surface area contributed by atoms with Crippen LogP contribution in [0.1, 0.15) is 31.1 Å². The Morgan fingerprint density at radius 2 is 1.77 bits per heavy atom. The molecular formula is C21H27N3O7. The molecule has 0 saturated heterocycles. The van der Waals surface area contributed by atoms with E-state index in [0.717, 1.165) is 0 Å². The number of fused-ring (bicyclic) bond motifs is 1. The number of carboxylic acids is 1. The van der Waals surface area contributed by atoms with Gasteiger partial charge in [0.05, 0.1) is 24.3 Å². The molecule has 168 valence electrons. The molecule has 0 fully saturated rings. The molecule has 10 heteroatoms. The molecule has 0 atom stereocenters. The molecule has 10 nitrogen and oxygen atoms in total. The number of carbonyl (C=O) groups is 3. The van der Waals surface area contributed by atoms with E-state index in [1.54, 1.807) is 39.0 Å². The van der Waals surface area contributed by atoms with E-state index in [1.165, 1.54) is 12.3 Å². The van der Waals surface area contributed by atoms with E-state index < -0.39 is 17.7 Å². The molecule has 0 aliphatic rings. The molecule has 0 unspecified atom stereocenters. The third-order valence-electron chi connectivity index (χ3n) is 3.80. The average Bonchev–Trinajstić information content (AvgIpc) is 2.69. The maximum atomic E-state index is 11.9. The minimum absolute atomic E-state index is 0.149. The molecule has 2 rings (SSSR count). The number of nitrogens with one attached hydrogen (secondary N) is 2. The fourth-order valence-corrected chi connectivity index (χ4v) is 2.51. The number of pyridine rings is 1. The number of aromatic nitrogens is 1. The Morgan fingerprint density at radius 1 is 1.06 bits per heavy atom. The molecule has 3 N–H and O–H groups in total. The second-order valence-electron chi connectivity index (χ2n) is 7.52. The molecule has 1 aromatic heterocycles. The Balaban J connectivity index is 1.63. The molecule has 2 aromatic rings. The monoisotopic (exact) mass is 433 g/mol. The summed E-state index contributed by atoms with van der Waals surface area (Å²) in [6.45, 7) is 6.28. The van der Waals surface area contributed by atoms with Gasteiger partial charge < -0.3 is 30.0 Å². The van der Waals surface area contributed by atoms with Gasteiger partial charge in [-0.1, -0.05) is 0 Å². The van der Waals surface area contributed by atoms with Gasteiger partial charge in [0, 0.05) is 30.7 Å². The fourth-order valence-electron chi connectivity index (χ4n) is 2.51. The lowest BCUT2D eigenvalue weighted by molar-refractivity contribution is -0.123. The molecule has 0 saturated carbocycles. The molecular weight excluding hydrogens is 406 g/mol. The van der Waals surface area contributed by atoms with E-state index in [2.05, 4.69) is 15.6 Å². The van der Waals surface area contributed by atoms with Crippen LogP contribution in [-0.2, 0) is 14.3 Å². The molecule has 0 spiro atoms. The van der Waals surface area contributed by atoms with Crippen molar-refractivity contribution in [2.24, 2.45) is 0 Å². The number of alkyl carbamates (subject to hydrolysis) is 1. The Kier molecular flexibility index (Phi) is 8.56. The third kappa shape index (κ3) is 8.47. The van der Waals surface area contributed by atoms with Crippen molar-refractivity contribution >= 4 is 28.9 Å². The maximum absolute atomic E-state index is 11.9. The number of carbonyl (C=O) groups excluding carboxylic acids is 2. The van der Waals surface area contributed by atoms with Crippen molar-refractivity contribution in [2.75, 3.05) is 32.9 Å². The lowest BCUT2D eigenvalue weighted by atomic mass is 10.1. The quantitative estimate of drug-likeness (QED) is 0.484. The van der Waals surface area contributed by atoms with Gasteiger partial charge in [-0.2, -0.15) is 0 Å². The van der Waals surface area contributed by atoms with Crippen LogP contribution in [0, 0.1) is 0 Å². The Labute approximate surface area is 179 Å². The summed E-state index contributed by atoms with van der Waals surface area (Å²) in [7, 11) is 0. The minimum Gasteiger partial charge on any atom is -0.484 e. The molecule has 0 radical (unpaired) electrons. The summed E-state index contributed by atoms with van der Waals surface area (Å²) in [5.74, 6) is -0.965. The van der Waals surface area contributed by atoms with Gasteiger partial charge in [-0.15, -0.1) is 0 Å². The van der Waals surface area contributed by atoms with Gasteiger partial charge in [0.25, 0.3) is 5.91 Å². The van der Waals surface area contributed by atoms with Crippen molar-refractivity contribution in [2.45, 2.75) is 26.4 Å². The molecule has 2 amide bonds. The summed E-state index contributed by atoms with van der Waals surface area (Å²) >= 11 is 0. The normalized spacial score (nSPS) is 11.1. The second-order valence-corrected chi connectivity index (χ2v) is 7.52. The van der Waals surface area contributed by atoms with Crippen LogP contribution < -0.4 is 15.4 Å². The van der Waals surface area contributed by atoms with E-state index in [0.29, 0.717) is 23.2 Å². The molecule has 1 aromatic carbocycles. The zero-order chi connectivity index (χ0) is 22.9. The van der Waals surface area contributed by atoms with Crippen LogP contribution in [0.4, 0.5) is 4.79 Å². The molecule has 0 aliphatic carbocycles. The van der Waals surface area contributed by atoms with E-state index in [4.69, 9.17) is 14.2 Å². The minimum atomic E-state index is -1.04. The lowest BCUT2D eigenvalue weighted by Gasteiger charge is -2.19. The van der Waals surface area contributed by atoms with Crippen LogP contribution in [0.3, 0.4) is 0 Å². The number of ether oxygens (including phenoxy) is 3. The van der Waals surface area contributed by atoms with Gasteiger partial charge in [0.1, 0.15) is 11.4 Å². The number of hydrogen-bond acceptors (Lipinski definition) is 7. The highest BCUT2D eigenvalue weighted by atomic mass is 16.6. The molecule has 1 heterocycles. The number of hydrogen-bond donors (Lipinski definition) is 3. The number of aromatic carboxylic acids is 1. The first-order valence-electron chi connectivity index (χ1n) is 9.72. The summed E-state index contributed by atoms with van der Waals surface area (Å²) in [6, 6.07) is 6.19. The van der Waals surface area contributed by atoms with Crippen LogP contribution in [-0.4, -0.2) is 66.6 Å². The van der Waals surface area contributed by atoms with E-state index in [-0.39, 0.29) is 37.8 Å². The molecule has 31 heavy (non-hydrogen) atoms. The Bertz CT molecular complexity index is 925. The number of benzene rings is 1. The Hall–Kier alpha value is -3.40. The number of amides is 2. The maximum Gasteiger partial charge on any atom is 0.407 e. The lowest BCUT2D eigenvalue weighted by Crippen LogP contribution is -2.35. The SMILES string of the molecule is CC(C)(C)OC(=O)NCCOCCNC(=O)COc1ccc2c(C(=O)O)ccnc2c1. The van der Waals surface area contributed by atoms with Crippen LogP contribution in [0.2, 0.25) is 0 Å². The predicted octanol–water partition coefficient (Wildman–Crippen LogP) is 1.97. The van der Waals surface area contributed by atoms with Crippen molar-refractivity contribution in [1.29, 1.82) is 0 Å². The largest absolute Gasteiger partial charge is 0.484 e. The van der Waals surface area contributed by atoms with Gasteiger partial charge in [-0.3, -0.25) is 9.78 Å². The van der Waals surface area contributed by atoms with E-state index >= 15 is 0 Å². The van der Waals surface area contributed by atoms with Crippen molar-refractivity contribution in [1.82, 2.24) is 15.6 Å². The third-order valence-corrected chi connectivity index (χ3v) is 3.80. The predicted molar refractivity (Wildman–Crippen MR) is 112 cm³/mol. The van der Waals surface area contributed by atoms with Gasteiger partial charge in [0.2, 0.25) is 0 Å². The summed E-state index contributed by atoms with van der Waals surface area (Å²) in [4.78, 5) is 38.7. The number of carboxylic acid groups (broad SMARTS) is 1. The van der Waals surface area contributed by atoms with Crippen LogP contribution in [0.5, 0.6) is 5.75 Å². The van der Waals surface area contributed by atoms with Crippen molar-refractivity contribution in [3.8, 4) is 5.75 Å². The molecule has 0 aliphatic heterocycles. The van der Waals surface area contributed by atoms with Crippen molar-refractivity contribution < 1.29 is 33.7 Å². The summed E-state index contributed by atoms with van der Waals surface area (Å²) in [5.41, 5.74) is 0.0593. The first kappa shape index (κ1) is 23.9. The zero-order valence-electron chi connectivity index (χ0n) is 17.8. The zero-order valence-corrected chi connectivity index (χ0v) is 17.8. The fraction of sp³-hybridized carbons (Fsp3) is 0.429. The second kappa shape index (κ2) is 11.1. The Morgan fingerprint density at radius 3 is 2.45 bits per heavy atom. The topological polar surface area (TPSA) is 136 Å². The van der Waals surface area contributed by atoms with Crippen LogP contribution in [0.15, 0.2) is 30.5 Å². The van der Waals surface area contributed by atoms with Gasteiger partial charge in [-0.25, -0.2) is 9.59 Å². The number of nitrogens with zero attached hydrogens (tertiary/aromatic N) is 1. The van der Waals surface area contributed by atoms with Crippen LogP contribution in [0.25, 0.3) is 10.9 Å². The van der Waals surface area contributed by atoms with Gasteiger partial charge >= 0.3 is 12.1 Å². The number of rotatable bonds is 10. The summed E-state index contributed by atoms with van der Waals surface area (Å²) in [6.07, 6.45) is 0.898. The highest BCUT2D eigenvalue weighted by molar-refractivity contribution is 6.02. The van der Waals surface area contributed by atoms with Crippen molar-refractivity contribution in [3.63, 3.8) is 0 Å². The average molecular weight is 433 g/mol. The first-order chi connectivity index (χ1) is 14.7. The van der Waals surface area contributed by atoms with Crippen molar-refractivity contribution in [3.05, 3.63) is 36.0 Å². The van der Waals surface area contributed by atoms with Crippen LogP contribution >= 0.6 is 0 Å². The smallest absolute Gasteiger partial charge is 0.407 e. The van der Waals surface area contributed by atoms with Gasteiger partial charge in [-0.05, 0) is 39.0 Å². The molecule has 0 bridgehead atoms. The summed E-state index contributed by atoms with van der Waals surface area (Å²) < 4.78 is 15.9. The highest BCUT2D eigenvalue weighted by Crippen LogP contribution is 2.22. The highest BCUT2D eigenvalue weighted by Gasteiger charge is 2.15.